The van der Waals surface area contributed by atoms with Crippen molar-refractivity contribution in [1.82, 2.24) is 29.2 Å². The van der Waals surface area contributed by atoms with Crippen molar-refractivity contribution < 1.29 is 14.0 Å². The number of carbonyl (C=O) groups excluding carboxylic acids is 2. The first-order chi connectivity index (χ1) is 15.9. The number of amides is 1. The maximum absolute atomic E-state index is 13.1. The SMILES string of the molecule is Cc1cnc2ccc(-c3nc(C(=O)CCC4CC(=O)N(C)C4)c(N)nc3-c3ncco3)cn12. The molecule has 0 spiro atoms. The second kappa shape index (κ2) is 8.12. The standard InChI is InChI=1S/C23H23N7O3/c1-13-10-26-17-6-4-15(12-30(13)17)19-21(23-25-7-8-33-23)28-22(24)20(27-19)16(31)5-3-14-9-18(32)29(2)11-14/h4,6-8,10,12,14H,3,5,9,11H2,1-2H3,(H2,24,28). The van der Waals surface area contributed by atoms with E-state index in [1.165, 1.54) is 12.5 Å². The maximum atomic E-state index is 13.1. The first kappa shape index (κ1) is 20.8. The number of carbonyl (C=O) groups is 2. The third kappa shape index (κ3) is 3.84. The Morgan fingerprint density at radius 1 is 1.24 bits per heavy atom. The lowest BCUT2D eigenvalue weighted by Crippen LogP contribution is -2.19. The fourth-order valence-corrected chi connectivity index (χ4v) is 4.19. The lowest BCUT2D eigenvalue weighted by atomic mass is 9.99. The van der Waals surface area contributed by atoms with E-state index in [4.69, 9.17) is 10.2 Å². The van der Waals surface area contributed by atoms with E-state index in [1.54, 1.807) is 18.1 Å². The normalized spacial score (nSPS) is 16.1. The van der Waals surface area contributed by atoms with Gasteiger partial charge < -0.3 is 19.5 Å². The molecule has 1 unspecified atom stereocenters. The van der Waals surface area contributed by atoms with Crippen LogP contribution in [-0.2, 0) is 4.79 Å². The van der Waals surface area contributed by atoms with Crippen LogP contribution in [-0.4, -0.2) is 54.5 Å². The van der Waals surface area contributed by atoms with E-state index in [2.05, 4.69) is 19.9 Å². The Hall–Kier alpha value is -4.08. The summed E-state index contributed by atoms with van der Waals surface area (Å²) in [7, 11) is 1.78. The smallest absolute Gasteiger partial charge is 0.247 e. The molecule has 1 atom stereocenters. The fourth-order valence-electron chi connectivity index (χ4n) is 4.19. The van der Waals surface area contributed by atoms with Gasteiger partial charge in [0.15, 0.2) is 17.3 Å². The van der Waals surface area contributed by atoms with Crippen LogP contribution >= 0.6 is 0 Å². The molecule has 1 aliphatic rings. The van der Waals surface area contributed by atoms with Gasteiger partial charge in [0.2, 0.25) is 11.8 Å². The van der Waals surface area contributed by atoms with Crippen LogP contribution in [0.5, 0.6) is 0 Å². The zero-order valence-electron chi connectivity index (χ0n) is 18.4. The number of aromatic nitrogens is 5. The number of hydrogen-bond donors (Lipinski definition) is 1. The molecule has 10 heteroatoms. The number of anilines is 1. The van der Waals surface area contributed by atoms with Gasteiger partial charge in [0.05, 0.1) is 6.20 Å². The summed E-state index contributed by atoms with van der Waals surface area (Å²) in [4.78, 5) is 44.2. The third-order valence-corrected chi connectivity index (χ3v) is 5.99. The van der Waals surface area contributed by atoms with Gasteiger partial charge in [0.1, 0.15) is 23.3 Å². The molecule has 0 radical (unpaired) electrons. The quantitative estimate of drug-likeness (QED) is 0.448. The Balaban J connectivity index is 1.52. The number of nitrogens with two attached hydrogens (primary N) is 1. The predicted molar refractivity (Wildman–Crippen MR) is 120 cm³/mol. The molecule has 2 N–H and O–H groups in total. The summed E-state index contributed by atoms with van der Waals surface area (Å²) in [6.07, 6.45) is 7.92. The third-order valence-electron chi connectivity index (χ3n) is 5.99. The largest absolute Gasteiger partial charge is 0.443 e. The van der Waals surface area contributed by atoms with E-state index in [-0.39, 0.29) is 41.4 Å². The van der Waals surface area contributed by atoms with Crippen LogP contribution < -0.4 is 5.73 Å². The highest BCUT2D eigenvalue weighted by atomic mass is 16.3. The predicted octanol–water partition coefficient (Wildman–Crippen LogP) is 2.78. The summed E-state index contributed by atoms with van der Waals surface area (Å²) < 4.78 is 7.39. The number of oxazole rings is 1. The van der Waals surface area contributed by atoms with Crippen LogP contribution in [0.2, 0.25) is 0 Å². The molecule has 5 rings (SSSR count). The molecule has 1 saturated heterocycles. The Bertz CT molecular complexity index is 1360. The molecule has 0 aromatic carbocycles. The number of imidazole rings is 1. The van der Waals surface area contributed by atoms with Crippen molar-refractivity contribution in [2.24, 2.45) is 5.92 Å². The highest BCUT2D eigenvalue weighted by molar-refractivity contribution is 5.99. The molecule has 4 aromatic heterocycles. The lowest BCUT2D eigenvalue weighted by molar-refractivity contribution is -0.126. The summed E-state index contributed by atoms with van der Waals surface area (Å²) in [5, 5.41) is 0. The van der Waals surface area contributed by atoms with Gasteiger partial charge >= 0.3 is 0 Å². The highest BCUT2D eigenvalue weighted by Gasteiger charge is 2.28. The van der Waals surface area contributed by atoms with Crippen LogP contribution in [0.1, 0.15) is 35.4 Å². The van der Waals surface area contributed by atoms with E-state index in [1.807, 2.05) is 29.7 Å². The van der Waals surface area contributed by atoms with Crippen molar-refractivity contribution in [3.05, 3.63) is 48.4 Å². The van der Waals surface area contributed by atoms with Crippen LogP contribution in [0.15, 0.2) is 41.4 Å². The van der Waals surface area contributed by atoms with Gasteiger partial charge in [-0.25, -0.2) is 19.9 Å². The molecular weight excluding hydrogens is 422 g/mol. The number of rotatable bonds is 6. The number of ketones is 1. The molecule has 1 aliphatic heterocycles. The number of pyridine rings is 1. The minimum atomic E-state index is -0.206. The Kier molecular flexibility index (Phi) is 5.12. The molecule has 1 fully saturated rings. The average Bonchev–Trinajstić information content (AvgIpc) is 3.53. The fraction of sp³-hybridized carbons (Fsp3) is 0.304. The molecule has 1 amide bonds. The number of likely N-dealkylation sites (tertiary alicyclic amines) is 1. The first-order valence-electron chi connectivity index (χ1n) is 10.7. The topological polar surface area (TPSA) is 133 Å². The summed E-state index contributed by atoms with van der Waals surface area (Å²) in [5.74, 6) is 0.338. The molecule has 0 aliphatic carbocycles. The van der Waals surface area contributed by atoms with Gasteiger partial charge in [-0.1, -0.05) is 0 Å². The van der Waals surface area contributed by atoms with Crippen molar-refractivity contribution in [2.75, 3.05) is 19.3 Å². The van der Waals surface area contributed by atoms with Crippen LogP contribution in [0.3, 0.4) is 0 Å². The van der Waals surface area contributed by atoms with E-state index in [0.717, 1.165) is 16.9 Å². The molecule has 0 bridgehead atoms. The van der Waals surface area contributed by atoms with Crippen molar-refractivity contribution in [3.63, 3.8) is 0 Å². The zero-order valence-corrected chi connectivity index (χ0v) is 18.4. The number of aryl methyl sites for hydroxylation is 1. The number of nitrogen functional groups attached to an aromatic ring is 1. The molecule has 0 saturated carbocycles. The summed E-state index contributed by atoms with van der Waals surface area (Å²) >= 11 is 0. The monoisotopic (exact) mass is 445 g/mol. The van der Waals surface area contributed by atoms with E-state index in [0.29, 0.717) is 30.8 Å². The van der Waals surface area contributed by atoms with Gasteiger partial charge in [-0.05, 0) is 31.4 Å². The highest BCUT2D eigenvalue weighted by Crippen LogP contribution is 2.31. The molecule has 10 nitrogen and oxygen atoms in total. The second-order valence-corrected chi connectivity index (χ2v) is 8.34. The van der Waals surface area contributed by atoms with E-state index < -0.39 is 0 Å². The Labute approximate surface area is 189 Å². The van der Waals surface area contributed by atoms with Crippen molar-refractivity contribution in [1.29, 1.82) is 0 Å². The van der Waals surface area contributed by atoms with Crippen molar-refractivity contribution >= 4 is 23.2 Å². The summed E-state index contributed by atoms with van der Waals surface area (Å²) in [6.45, 7) is 2.61. The van der Waals surface area contributed by atoms with Crippen LogP contribution in [0, 0.1) is 12.8 Å². The van der Waals surface area contributed by atoms with Gasteiger partial charge in [-0.2, -0.15) is 0 Å². The maximum Gasteiger partial charge on any atom is 0.247 e. The zero-order chi connectivity index (χ0) is 23.1. The van der Waals surface area contributed by atoms with Gasteiger partial charge in [0.25, 0.3) is 0 Å². The molecule has 4 aromatic rings. The number of hydrogen-bond acceptors (Lipinski definition) is 8. The molecular formula is C23H23N7O3. The minimum absolute atomic E-state index is 0.0245. The summed E-state index contributed by atoms with van der Waals surface area (Å²) in [6, 6.07) is 3.73. The number of fused-ring (bicyclic) bond motifs is 1. The van der Waals surface area contributed by atoms with Crippen LogP contribution in [0.4, 0.5) is 5.82 Å². The van der Waals surface area contributed by atoms with Gasteiger partial charge in [-0.3, -0.25) is 9.59 Å². The second-order valence-electron chi connectivity index (χ2n) is 8.34. The lowest BCUT2D eigenvalue weighted by Gasteiger charge is -2.12. The molecule has 5 heterocycles. The number of Topliss-reactive ketones (excluding diaryl/α,β-unsaturated/α-hetero) is 1. The summed E-state index contributed by atoms with van der Waals surface area (Å²) in [5.41, 5.74) is 9.55. The van der Waals surface area contributed by atoms with Gasteiger partial charge in [-0.15, -0.1) is 0 Å². The van der Waals surface area contributed by atoms with Gasteiger partial charge in [0, 0.05) is 50.1 Å². The Morgan fingerprint density at radius 3 is 2.82 bits per heavy atom. The van der Waals surface area contributed by atoms with Crippen LogP contribution in [0.25, 0.3) is 28.5 Å². The van der Waals surface area contributed by atoms with E-state index >= 15 is 0 Å². The molecule has 33 heavy (non-hydrogen) atoms. The van der Waals surface area contributed by atoms with Crippen molar-refractivity contribution in [2.45, 2.75) is 26.2 Å². The minimum Gasteiger partial charge on any atom is -0.443 e. The number of nitrogens with zero attached hydrogens (tertiary/aromatic N) is 6. The molecule has 168 valence electrons. The van der Waals surface area contributed by atoms with Crippen molar-refractivity contribution in [3.8, 4) is 22.8 Å². The first-order valence-corrected chi connectivity index (χ1v) is 10.7. The van der Waals surface area contributed by atoms with E-state index in [9.17, 15) is 9.59 Å². The Morgan fingerprint density at radius 2 is 2.09 bits per heavy atom. The average molecular weight is 445 g/mol.